The van der Waals surface area contributed by atoms with E-state index in [1.54, 1.807) is 35.7 Å². The van der Waals surface area contributed by atoms with Crippen molar-refractivity contribution in [2.75, 3.05) is 23.1 Å². The van der Waals surface area contributed by atoms with Crippen LogP contribution in [0.4, 0.5) is 21.3 Å². The molecule has 0 radical (unpaired) electrons. The zero-order chi connectivity index (χ0) is 20.1. The van der Waals surface area contributed by atoms with Crippen molar-refractivity contribution in [3.05, 3.63) is 64.1 Å². The molecule has 1 heterocycles. The molecule has 3 amide bonds. The Morgan fingerprint density at radius 3 is 2.43 bits per heavy atom. The Labute approximate surface area is 170 Å². The molecule has 0 atom stereocenters. The molecule has 0 aliphatic rings. The maximum atomic E-state index is 12.3. The second-order valence-corrected chi connectivity index (χ2v) is 7.05. The molecule has 0 saturated heterocycles. The van der Waals surface area contributed by atoms with Gasteiger partial charge in [-0.3, -0.25) is 10.1 Å². The van der Waals surface area contributed by atoms with Crippen molar-refractivity contribution in [1.29, 1.82) is 0 Å². The van der Waals surface area contributed by atoms with Crippen LogP contribution < -0.4 is 20.7 Å². The van der Waals surface area contributed by atoms with E-state index in [-0.39, 0.29) is 5.69 Å². The number of halogens is 1. The van der Waals surface area contributed by atoms with Crippen LogP contribution in [0.3, 0.4) is 0 Å². The van der Waals surface area contributed by atoms with Gasteiger partial charge in [0.1, 0.15) is 11.4 Å². The largest absolute Gasteiger partial charge is 0.495 e. The number of nitrogens with zero attached hydrogens (tertiary/aromatic N) is 1. The van der Waals surface area contributed by atoms with Crippen molar-refractivity contribution in [3.63, 3.8) is 0 Å². The standard InChI is InChI=1S/C19H17ClN4O3S/c1-11-3-5-12(6-4-11)22-18(26)24-19-23-15(10-28-19)17(25)21-13-7-8-16(27-2)14(20)9-13/h3-10H,1-2H3,(H,21,25)(H2,22,23,24,26). The molecular formula is C19H17ClN4O3S. The summed E-state index contributed by atoms with van der Waals surface area (Å²) in [7, 11) is 1.51. The lowest BCUT2D eigenvalue weighted by Crippen LogP contribution is -2.19. The number of rotatable bonds is 5. The summed E-state index contributed by atoms with van der Waals surface area (Å²) in [4.78, 5) is 28.5. The number of methoxy groups -OCH3 is 1. The van der Waals surface area contributed by atoms with E-state index in [0.29, 0.717) is 27.3 Å². The van der Waals surface area contributed by atoms with Crippen molar-refractivity contribution in [3.8, 4) is 5.75 Å². The van der Waals surface area contributed by atoms with Crippen LogP contribution in [0.1, 0.15) is 16.1 Å². The SMILES string of the molecule is COc1ccc(NC(=O)c2csc(NC(=O)Nc3ccc(C)cc3)n2)cc1Cl. The maximum Gasteiger partial charge on any atom is 0.325 e. The number of anilines is 3. The Morgan fingerprint density at radius 2 is 1.75 bits per heavy atom. The van der Waals surface area contributed by atoms with E-state index in [9.17, 15) is 9.59 Å². The van der Waals surface area contributed by atoms with E-state index >= 15 is 0 Å². The Hall–Kier alpha value is -3.10. The van der Waals surface area contributed by atoms with Gasteiger partial charge >= 0.3 is 6.03 Å². The molecule has 0 aliphatic carbocycles. The van der Waals surface area contributed by atoms with E-state index in [4.69, 9.17) is 16.3 Å². The number of amides is 3. The lowest BCUT2D eigenvalue weighted by atomic mass is 10.2. The number of hydrogen-bond donors (Lipinski definition) is 3. The summed E-state index contributed by atoms with van der Waals surface area (Å²) in [6.45, 7) is 1.96. The topological polar surface area (TPSA) is 92.4 Å². The highest BCUT2D eigenvalue weighted by Crippen LogP contribution is 2.27. The molecule has 0 unspecified atom stereocenters. The average Bonchev–Trinajstić information content (AvgIpc) is 3.12. The molecule has 0 spiro atoms. The van der Waals surface area contributed by atoms with Crippen molar-refractivity contribution in [2.24, 2.45) is 0 Å². The number of carbonyl (C=O) groups is 2. The molecule has 2 aromatic carbocycles. The van der Waals surface area contributed by atoms with Gasteiger partial charge < -0.3 is 15.4 Å². The van der Waals surface area contributed by atoms with Crippen molar-refractivity contribution in [2.45, 2.75) is 6.92 Å². The molecular weight excluding hydrogens is 400 g/mol. The van der Waals surface area contributed by atoms with Crippen LogP contribution in [0.2, 0.25) is 5.02 Å². The minimum absolute atomic E-state index is 0.183. The average molecular weight is 417 g/mol. The third kappa shape index (κ3) is 4.99. The second-order valence-electron chi connectivity index (χ2n) is 5.79. The summed E-state index contributed by atoms with van der Waals surface area (Å²) in [5.41, 5.74) is 2.45. The lowest BCUT2D eigenvalue weighted by molar-refractivity contribution is 0.102. The fourth-order valence-corrected chi connectivity index (χ4v) is 3.21. The van der Waals surface area contributed by atoms with Gasteiger partial charge in [-0.25, -0.2) is 9.78 Å². The minimum atomic E-state index is -0.438. The normalized spacial score (nSPS) is 10.2. The van der Waals surface area contributed by atoms with Gasteiger partial charge in [0, 0.05) is 16.8 Å². The maximum absolute atomic E-state index is 12.3. The van der Waals surface area contributed by atoms with Gasteiger partial charge in [-0.15, -0.1) is 11.3 Å². The Kier molecular flexibility index (Phi) is 6.13. The molecule has 3 rings (SSSR count). The molecule has 1 aromatic heterocycles. The molecule has 144 valence electrons. The minimum Gasteiger partial charge on any atom is -0.495 e. The van der Waals surface area contributed by atoms with Crippen LogP contribution in [0.15, 0.2) is 47.8 Å². The summed E-state index contributed by atoms with van der Waals surface area (Å²) >= 11 is 7.20. The molecule has 0 bridgehead atoms. The molecule has 0 fully saturated rings. The number of thiazole rings is 1. The molecule has 3 aromatic rings. The number of carbonyl (C=O) groups excluding carboxylic acids is 2. The third-order valence-corrected chi connectivity index (χ3v) is 4.73. The van der Waals surface area contributed by atoms with E-state index in [1.165, 1.54) is 7.11 Å². The van der Waals surface area contributed by atoms with Gasteiger partial charge in [-0.05, 0) is 37.3 Å². The number of ether oxygens (including phenoxy) is 1. The zero-order valence-electron chi connectivity index (χ0n) is 15.1. The van der Waals surface area contributed by atoms with Crippen molar-refractivity contribution < 1.29 is 14.3 Å². The van der Waals surface area contributed by atoms with E-state index in [0.717, 1.165) is 16.9 Å². The van der Waals surface area contributed by atoms with Gasteiger partial charge in [0.15, 0.2) is 5.13 Å². The van der Waals surface area contributed by atoms with Gasteiger partial charge in [0.05, 0.1) is 12.1 Å². The smallest absolute Gasteiger partial charge is 0.325 e. The summed E-state index contributed by atoms with van der Waals surface area (Å²) in [6.07, 6.45) is 0. The summed E-state index contributed by atoms with van der Waals surface area (Å²) in [5, 5.41) is 10.3. The number of urea groups is 1. The summed E-state index contributed by atoms with van der Waals surface area (Å²) in [6, 6.07) is 11.9. The number of nitrogens with one attached hydrogen (secondary N) is 3. The molecule has 28 heavy (non-hydrogen) atoms. The van der Waals surface area contributed by atoms with Crippen LogP contribution in [0.25, 0.3) is 0 Å². The highest BCUT2D eigenvalue weighted by atomic mass is 35.5. The lowest BCUT2D eigenvalue weighted by Gasteiger charge is -2.07. The number of hydrogen-bond acceptors (Lipinski definition) is 5. The van der Waals surface area contributed by atoms with Crippen molar-refractivity contribution >= 4 is 51.4 Å². The quantitative estimate of drug-likeness (QED) is 0.545. The molecule has 0 aliphatic heterocycles. The van der Waals surface area contributed by atoms with E-state index < -0.39 is 11.9 Å². The fourth-order valence-electron chi connectivity index (χ4n) is 2.27. The molecule has 9 heteroatoms. The van der Waals surface area contributed by atoms with Crippen LogP contribution in [-0.4, -0.2) is 24.0 Å². The van der Waals surface area contributed by atoms with E-state index in [1.807, 2.05) is 19.1 Å². The predicted molar refractivity (Wildman–Crippen MR) is 112 cm³/mol. The highest BCUT2D eigenvalue weighted by Gasteiger charge is 2.13. The molecule has 3 N–H and O–H groups in total. The fraction of sp³-hybridized carbons (Fsp3) is 0.105. The summed E-state index contributed by atoms with van der Waals surface area (Å²) in [5.74, 6) is 0.101. The van der Waals surface area contributed by atoms with Gasteiger partial charge in [-0.1, -0.05) is 29.3 Å². The number of benzene rings is 2. The van der Waals surface area contributed by atoms with Crippen molar-refractivity contribution in [1.82, 2.24) is 4.98 Å². The zero-order valence-corrected chi connectivity index (χ0v) is 16.6. The predicted octanol–water partition coefficient (Wildman–Crippen LogP) is 5.01. The molecule has 7 nitrogen and oxygen atoms in total. The third-order valence-electron chi connectivity index (χ3n) is 3.68. The van der Waals surface area contributed by atoms with Gasteiger partial charge in [-0.2, -0.15) is 0 Å². The van der Waals surface area contributed by atoms with Gasteiger partial charge in [0.2, 0.25) is 0 Å². The Balaban J connectivity index is 1.59. The summed E-state index contributed by atoms with van der Waals surface area (Å²) < 4.78 is 5.08. The highest BCUT2D eigenvalue weighted by molar-refractivity contribution is 7.14. The molecule has 0 saturated carbocycles. The number of aryl methyl sites for hydroxylation is 1. The van der Waals surface area contributed by atoms with E-state index in [2.05, 4.69) is 20.9 Å². The first kappa shape index (κ1) is 19.7. The number of aromatic nitrogens is 1. The van der Waals surface area contributed by atoms with Crippen LogP contribution in [0, 0.1) is 6.92 Å². The van der Waals surface area contributed by atoms with Crippen LogP contribution in [0.5, 0.6) is 5.75 Å². The first-order valence-electron chi connectivity index (χ1n) is 8.19. The van der Waals surface area contributed by atoms with Crippen LogP contribution >= 0.6 is 22.9 Å². The van der Waals surface area contributed by atoms with Gasteiger partial charge in [0.25, 0.3) is 5.91 Å². The Bertz CT molecular complexity index is 1000. The Morgan fingerprint density at radius 1 is 1.04 bits per heavy atom. The van der Waals surface area contributed by atoms with Crippen LogP contribution in [-0.2, 0) is 0 Å². The first-order valence-corrected chi connectivity index (χ1v) is 9.45. The first-order chi connectivity index (χ1) is 13.4. The monoisotopic (exact) mass is 416 g/mol. The second kappa shape index (κ2) is 8.73.